The van der Waals surface area contributed by atoms with Gasteiger partial charge in [-0.3, -0.25) is 0 Å². The van der Waals surface area contributed by atoms with Crippen LogP contribution in [0, 0.1) is 17.8 Å². The van der Waals surface area contributed by atoms with Gasteiger partial charge in [-0.1, -0.05) is 12.8 Å². The summed E-state index contributed by atoms with van der Waals surface area (Å²) in [5.41, 5.74) is 5.77. The summed E-state index contributed by atoms with van der Waals surface area (Å²) in [6.45, 7) is 5.20. The van der Waals surface area contributed by atoms with Gasteiger partial charge in [0.25, 0.3) is 0 Å². The van der Waals surface area contributed by atoms with Crippen LogP contribution in [0.25, 0.3) is 0 Å². The Balaban J connectivity index is 1.47. The first kappa shape index (κ1) is 16.7. The van der Waals surface area contributed by atoms with E-state index in [9.17, 15) is 5.11 Å². The third kappa shape index (κ3) is 4.92. The van der Waals surface area contributed by atoms with Gasteiger partial charge in [-0.25, -0.2) is 0 Å². The van der Waals surface area contributed by atoms with Crippen molar-refractivity contribution < 1.29 is 5.11 Å². The fraction of sp³-hybridized carbons (Fsp3) is 1.00. The van der Waals surface area contributed by atoms with Crippen LogP contribution in [0.2, 0.25) is 0 Å². The van der Waals surface area contributed by atoms with E-state index < -0.39 is 0 Å². The second-order valence-electron chi connectivity index (χ2n) is 8.05. The van der Waals surface area contributed by atoms with Crippen molar-refractivity contribution in [1.29, 1.82) is 0 Å². The van der Waals surface area contributed by atoms with Gasteiger partial charge >= 0.3 is 0 Å². The van der Waals surface area contributed by atoms with Crippen molar-refractivity contribution in [3.8, 4) is 0 Å². The molecule has 2 aliphatic carbocycles. The first-order valence-corrected chi connectivity index (χ1v) is 9.58. The molecule has 0 radical (unpaired) electrons. The Bertz CT molecular complexity index is 328. The molecule has 4 N–H and O–H groups in total. The van der Waals surface area contributed by atoms with Crippen LogP contribution in [-0.4, -0.2) is 54.9 Å². The van der Waals surface area contributed by atoms with E-state index in [1.54, 1.807) is 0 Å². The van der Waals surface area contributed by atoms with Crippen LogP contribution in [0.3, 0.4) is 0 Å². The molecule has 1 heterocycles. The number of nitrogens with two attached hydrogens (primary N) is 1. The minimum atomic E-state index is -0.0571. The molecule has 1 saturated heterocycles. The van der Waals surface area contributed by atoms with Crippen molar-refractivity contribution in [2.75, 3.05) is 32.7 Å². The molecule has 1 aliphatic heterocycles. The minimum Gasteiger partial charge on any atom is -0.393 e. The summed E-state index contributed by atoms with van der Waals surface area (Å²) in [7, 11) is 0. The van der Waals surface area contributed by atoms with Crippen LogP contribution in [0.4, 0.5) is 0 Å². The third-order valence-electron chi connectivity index (χ3n) is 5.97. The van der Waals surface area contributed by atoms with E-state index in [-0.39, 0.29) is 6.10 Å². The van der Waals surface area contributed by atoms with Crippen LogP contribution >= 0.6 is 0 Å². The van der Waals surface area contributed by atoms with Crippen molar-refractivity contribution in [2.24, 2.45) is 23.5 Å². The molecule has 0 aromatic carbocycles. The smallest absolute Gasteiger partial charge is 0.0571 e. The number of hydrogen-bond acceptors (Lipinski definition) is 4. The van der Waals surface area contributed by atoms with E-state index in [2.05, 4.69) is 10.2 Å². The molecule has 3 fully saturated rings. The average molecular weight is 309 g/mol. The molecule has 3 unspecified atom stereocenters. The Morgan fingerprint density at radius 2 is 1.86 bits per heavy atom. The fourth-order valence-electron chi connectivity index (χ4n) is 4.55. The zero-order valence-electron chi connectivity index (χ0n) is 14.1. The number of nitrogens with one attached hydrogen (secondary N) is 1. The standard InChI is InChI=1S/C18H35N3O/c19-7-8-21-12-15(10-18(22)16-5-6-16)9-17(13-21)20-11-14-3-1-2-4-14/h14-18,20,22H,1-13,19H2. The zero-order chi connectivity index (χ0) is 15.4. The number of aliphatic hydroxyl groups is 1. The molecule has 3 rings (SSSR count). The maximum atomic E-state index is 10.3. The number of piperidine rings is 1. The normalized spacial score (nSPS) is 32.5. The van der Waals surface area contributed by atoms with Crippen molar-refractivity contribution in [1.82, 2.24) is 10.2 Å². The fourth-order valence-corrected chi connectivity index (χ4v) is 4.55. The van der Waals surface area contributed by atoms with Crippen LogP contribution < -0.4 is 11.1 Å². The van der Waals surface area contributed by atoms with Crippen LogP contribution in [0.1, 0.15) is 51.4 Å². The van der Waals surface area contributed by atoms with Crippen LogP contribution in [0.5, 0.6) is 0 Å². The molecule has 0 bridgehead atoms. The summed E-state index contributed by atoms with van der Waals surface area (Å²) in [6, 6.07) is 0.595. The second-order valence-corrected chi connectivity index (χ2v) is 8.05. The topological polar surface area (TPSA) is 61.5 Å². The first-order chi connectivity index (χ1) is 10.7. The van der Waals surface area contributed by atoms with Gasteiger partial charge in [-0.05, 0) is 62.8 Å². The number of aliphatic hydroxyl groups excluding tert-OH is 1. The predicted molar refractivity (Wildman–Crippen MR) is 90.7 cm³/mol. The predicted octanol–water partition coefficient (Wildman–Crippen LogP) is 1.58. The highest BCUT2D eigenvalue weighted by Crippen LogP contribution is 2.36. The lowest BCUT2D eigenvalue weighted by Gasteiger charge is -2.39. The van der Waals surface area contributed by atoms with Crippen LogP contribution in [-0.2, 0) is 0 Å². The molecule has 4 heteroatoms. The lowest BCUT2D eigenvalue weighted by atomic mass is 9.88. The number of likely N-dealkylation sites (tertiary alicyclic amines) is 1. The summed E-state index contributed by atoms with van der Waals surface area (Å²) >= 11 is 0. The molecular weight excluding hydrogens is 274 g/mol. The monoisotopic (exact) mass is 309 g/mol. The molecule has 0 aromatic rings. The third-order valence-corrected chi connectivity index (χ3v) is 5.97. The molecule has 4 nitrogen and oxygen atoms in total. The molecule has 128 valence electrons. The maximum absolute atomic E-state index is 10.3. The van der Waals surface area contributed by atoms with Gasteiger partial charge in [-0.15, -0.1) is 0 Å². The van der Waals surface area contributed by atoms with Crippen molar-refractivity contribution >= 4 is 0 Å². The van der Waals surface area contributed by atoms with Gasteiger partial charge in [0, 0.05) is 32.2 Å². The molecule has 0 amide bonds. The highest BCUT2D eigenvalue weighted by atomic mass is 16.3. The van der Waals surface area contributed by atoms with Gasteiger partial charge in [0.05, 0.1) is 6.10 Å². The SMILES string of the molecule is NCCN1CC(CC(O)C2CC2)CC(NCC2CCCC2)C1. The average Bonchev–Trinajstić information content (AvgIpc) is 3.22. The summed E-state index contributed by atoms with van der Waals surface area (Å²) in [5, 5.41) is 14.1. The number of rotatable bonds is 8. The van der Waals surface area contributed by atoms with E-state index in [1.807, 2.05) is 0 Å². The summed E-state index contributed by atoms with van der Waals surface area (Å²) in [4.78, 5) is 2.51. The van der Waals surface area contributed by atoms with Gasteiger partial charge in [0.1, 0.15) is 0 Å². The van der Waals surface area contributed by atoms with E-state index >= 15 is 0 Å². The lowest BCUT2D eigenvalue weighted by Crippen LogP contribution is -2.51. The molecular formula is C18H35N3O. The summed E-state index contributed by atoms with van der Waals surface area (Å²) < 4.78 is 0. The Kier molecular flexibility index (Phi) is 6.14. The molecule has 0 aromatic heterocycles. The molecule has 2 saturated carbocycles. The quantitative estimate of drug-likeness (QED) is 0.637. The number of nitrogens with zero attached hydrogens (tertiary/aromatic N) is 1. The summed E-state index contributed by atoms with van der Waals surface area (Å²) in [5.74, 6) is 2.15. The Labute approximate surface area is 135 Å². The number of hydrogen-bond donors (Lipinski definition) is 3. The van der Waals surface area contributed by atoms with E-state index in [4.69, 9.17) is 5.73 Å². The highest BCUT2D eigenvalue weighted by Gasteiger charge is 2.34. The van der Waals surface area contributed by atoms with Crippen molar-refractivity contribution in [2.45, 2.75) is 63.5 Å². The van der Waals surface area contributed by atoms with Gasteiger partial charge in [0.15, 0.2) is 0 Å². The summed E-state index contributed by atoms with van der Waals surface area (Å²) in [6.07, 6.45) is 10.3. The molecule has 22 heavy (non-hydrogen) atoms. The Morgan fingerprint density at radius 1 is 1.09 bits per heavy atom. The maximum Gasteiger partial charge on any atom is 0.0571 e. The zero-order valence-corrected chi connectivity index (χ0v) is 14.1. The van der Waals surface area contributed by atoms with Gasteiger partial charge < -0.3 is 21.1 Å². The van der Waals surface area contributed by atoms with E-state index in [0.717, 1.165) is 38.5 Å². The lowest BCUT2D eigenvalue weighted by molar-refractivity contribution is 0.0753. The van der Waals surface area contributed by atoms with Crippen molar-refractivity contribution in [3.63, 3.8) is 0 Å². The largest absolute Gasteiger partial charge is 0.393 e. The van der Waals surface area contributed by atoms with Gasteiger partial charge in [0.2, 0.25) is 0 Å². The van der Waals surface area contributed by atoms with E-state index in [1.165, 1.54) is 51.5 Å². The van der Waals surface area contributed by atoms with Crippen molar-refractivity contribution in [3.05, 3.63) is 0 Å². The molecule has 0 spiro atoms. The van der Waals surface area contributed by atoms with E-state index in [0.29, 0.717) is 17.9 Å². The van der Waals surface area contributed by atoms with Gasteiger partial charge in [-0.2, -0.15) is 0 Å². The molecule has 3 atom stereocenters. The first-order valence-electron chi connectivity index (χ1n) is 9.58. The second kappa shape index (κ2) is 8.09. The highest BCUT2D eigenvalue weighted by molar-refractivity contribution is 4.89. The van der Waals surface area contributed by atoms with Crippen LogP contribution in [0.15, 0.2) is 0 Å². The molecule has 3 aliphatic rings. The Hall–Kier alpha value is -0.160. The minimum absolute atomic E-state index is 0.0571. The Morgan fingerprint density at radius 3 is 2.55 bits per heavy atom.